The summed E-state index contributed by atoms with van der Waals surface area (Å²) in [6.07, 6.45) is 1.60. The molecular formula is C14H15NO3. The number of rotatable bonds is 4. The minimum absolute atomic E-state index is 0.0378. The van der Waals surface area contributed by atoms with E-state index in [0.29, 0.717) is 17.4 Å². The summed E-state index contributed by atoms with van der Waals surface area (Å²) in [6, 6.07) is 9.10. The van der Waals surface area contributed by atoms with Crippen molar-refractivity contribution >= 4 is 0 Å². The average Bonchev–Trinajstić information content (AvgIpc) is 2.41. The summed E-state index contributed by atoms with van der Waals surface area (Å²) in [7, 11) is 1.60. The fourth-order valence-electron chi connectivity index (χ4n) is 1.58. The van der Waals surface area contributed by atoms with Gasteiger partial charge in [0.15, 0.2) is 11.5 Å². The summed E-state index contributed by atoms with van der Waals surface area (Å²) in [5.41, 5.74) is 1.85. The Morgan fingerprint density at radius 3 is 2.72 bits per heavy atom. The number of hydrogen-bond donors (Lipinski definition) is 1. The lowest BCUT2D eigenvalue weighted by Crippen LogP contribution is -1.94. The topological polar surface area (TPSA) is 51.6 Å². The van der Waals surface area contributed by atoms with Crippen LogP contribution in [0.25, 0.3) is 0 Å². The van der Waals surface area contributed by atoms with Crippen LogP contribution in [0.15, 0.2) is 36.5 Å². The highest BCUT2D eigenvalue weighted by atomic mass is 16.5. The normalized spacial score (nSPS) is 10.2. The fraction of sp³-hybridized carbons (Fsp3) is 0.214. The van der Waals surface area contributed by atoms with Crippen LogP contribution in [0.5, 0.6) is 17.4 Å². The Morgan fingerprint density at radius 2 is 2.00 bits per heavy atom. The quantitative estimate of drug-likeness (QED) is 0.899. The van der Waals surface area contributed by atoms with Gasteiger partial charge in [-0.1, -0.05) is 6.07 Å². The zero-order valence-electron chi connectivity index (χ0n) is 10.4. The molecule has 1 heterocycles. The highest BCUT2D eigenvalue weighted by Crippen LogP contribution is 2.31. The molecule has 0 saturated carbocycles. The first kappa shape index (κ1) is 12.4. The molecule has 0 aliphatic heterocycles. The van der Waals surface area contributed by atoms with Crippen LogP contribution in [0.2, 0.25) is 0 Å². The number of aliphatic hydroxyl groups is 1. The summed E-state index contributed by atoms with van der Waals surface area (Å²) in [4.78, 5) is 4.09. The Morgan fingerprint density at radius 1 is 1.17 bits per heavy atom. The van der Waals surface area contributed by atoms with Gasteiger partial charge in [0.2, 0.25) is 5.88 Å². The van der Waals surface area contributed by atoms with Crippen molar-refractivity contribution in [3.05, 3.63) is 47.7 Å². The molecule has 94 valence electrons. The number of ether oxygens (including phenoxy) is 2. The molecular weight excluding hydrogens is 230 g/mol. The third-order valence-electron chi connectivity index (χ3n) is 2.52. The van der Waals surface area contributed by atoms with Crippen molar-refractivity contribution < 1.29 is 14.6 Å². The van der Waals surface area contributed by atoms with E-state index in [2.05, 4.69) is 4.98 Å². The molecule has 0 spiro atoms. The van der Waals surface area contributed by atoms with Crippen LogP contribution in [0.4, 0.5) is 0 Å². The van der Waals surface area contributed by atoms with Gasteiger partial charge >= 0.3 is 0 Å². The largest absolute Gasteiger partial charge is 0.493 e. The van der Waals surface area contributed by atoms with Crippen LogP contribution < -0.4 is 9.47 Å². The predicted octanol–water partition coefficient (Wildman–Crippen LogP) is 2.68. The Bertz CT molecular complexity index is 540. The van der Waals surface area contributed by atoms with Gasteiger partial charge in [0.05, 0.1) is 13.7 Å². The maximum Gasteiger partial charge on any atom is 0.219 e. The van der Waals surface area contributed by atoms with Crippen molar-refractivity contribution in [2.45, 2.75) is 13.5 Å². The maximum atomic E-state index is 9.06. The zero-order chi connectivity index (χ0) is 13.0. The molecule has 18 heavy (non-hydrogen) atoms. The van der Waals surface area contributed by atoms with E-state index in [-0.39, 0.29) is 6.61 Å². The number of benzene rings is 1. The monoisotopic (exact) mass is 245 g/mol. The van der Waals surface area contributed by atoms with Gasteiger partial charge in [-0.3, -0.25) is 0 Å². The summed E-state index contributed by atoms with van der Waals surface area (Å²) >= 11 is 0. The van der Waals surface area contributed by atoms with E-state index in [0.717, 1.165) is 11.1 Å². The van der Waals surface area contributed by atoms with Crippen molar-refractivity contribution in [2.24, 2.45) is 0 Å². The lowest BCUT2D eigenvalue weighted by atomic mass is 10.2. The van der Waals surface area contributed by atoms with Crippen LogP contribution in [-0.2, 0) is 6.61 Å². The summed E-state index contributed by atoms with van der Waals surface area (Å²) in [5.74, 6) is 1.69. The van der Waals surface area contributed by atoms with Gasteiger partial charge in [0.1, 0.15) is 0 Å². The van der Waals surface area contributed by atoms with Gasteiger partial charge in [-0.2, -0.15) is 0 Å². The van der Waals surface area contributed by atoms with Gasteiger partial charge in [-0.05, 0) is 36.2 Å². The highest BCUT2D eigenvalue weighted by molar-refractivity contribution is 5.44. The second-order valence-electron chi connectivity index (χ2n) is 3.92. The van der Waals surface area contributed by atoms with Gasteiger partial charge < -0.3 is 14.6 Å². The molecule has 1 aromatic carbocycles. The van der Waals surface area contributed by atoms with Crippen LogP contribution in [0, 0.1) is 6.92 Å². The molecule has 0 unspecified atom stereocenters. The van der Waals surface area contributed by atoms with Crippen molar-refractivity contribution in [3.63, 3.8) is 0 Å². The lowest BCUT2D eigenvalue weighted by Gasteiger charge is -2.10. The van der Waals surface area contributed by atoms with E-state index in [1.807, 2.05) is 25.1 Å². The number of aliphatic hydroxyl groups excluding tert-OH is 1. The number of pyridine rings is 1. The molecule has 0 atom stereocenters. The Labute approximate surface area is 106 Å². The molecule has 1 N–H and O–H groups in total. The van der Waals surface area contributed by atoms with Gasteiger partial charge in [0.25, 0.3) is 0 Å². The summed E-state index contributed by atoms with van der Waals surface area (Å²) < 4.78 is 10.9. The molecule has 4 nitrogen and oxygen atoms in total. The molecule has 1 aromatic heterocycles. The van der Waals surface area contributed by atoms with Crippen LogP contribution in [0.3, 0.4) is 0 Å². The van der Waals surface area contributed by atoms with E-state index >= 15 is 0 Å². The molecule has 0 saturated heterocycles. The third kappa shape index (κ3) is 2.78. The first-order valence-electron chi connectivity index (χ1n) is 5.61. The number of nitrogens with zero attached hydrogens (tertiary/aromatic N) is 1. The van der Waals surface area contributed by atoms with Crippen molar-refractivity contribution in [2.75, 3.05) is 7.11 Å². The van der Waals surface area contributed by atoms with Crippen molar-refractivity contribution in [3.8, 4) is 17.4 Å². The number of aromatic nitrogens is 1. The minimum atomic E-state index is -0.0378. The second-order valence-corrected chi connectivity index (χ2v) is 3.92. The standard InChI is InChI=1S/C14H15NO3/c1-10-3-4-12(13(7-10)17-2)18-14-8-11(9-16)5-6-15-14/h3-8,16H,9H2,1-2H3. The Balaban J connectivity index is 2.27. The van der Waals surface area contributed by atoms with Gasteiger partial charge in [0, 0.05) is 12.3 Å². The van der Waals surface area contributed by atoms with E-state index in [1.165, 1.54) is 0 Å². The average molecular weight is 245 g/mol. The number of methoxy groups -OCH3 is 1. The maximum absolute atomic E-state index is 9.06. The molecule has 2 rings (SSSR count). The van der Waals surface area contributed by atoms with Crippen molar-refractivity contribution in [1.82, 2.24) is 4.98 Å². The zero-order valence-corrected chi connectivity index (χ0v) is 10.4. The summed E-state index contributed by atoms with van der Waals surface area (Å²) in [6.45, 7) is 1.95. The molecule has 0 amide bonds. The molecule has 0 fully saturated rings. The van der Waals surface area contributed by atoms with E-state index in [1.54, 1.807) is 25.4 Å². The molecule has 0 aliphatic carbocycles. The Kier molecular flexibility index (Phi) is 3.79. The highest BCUT2D eigenvalue weighted by Gasteiger charge is 2.06. The van der Waals surface area contributed by atoms with E-state index in [4.69, 9.17) is 14.6 Å². The molecule has 0 aliphatic rings. The SMILES string of the molecule is COc1cc(C)ccc1Oc1cc(CO)ccn1. The summed E-state index contributed by atoms with van der Waals surface area (Å²) in [5, 5.41) is 9.06. The number of hydrogen-bond acceptors (Lipinski definition) is 4. The molecule has 0 radical (unpaired) electrons. The van der Waals surface area contributed by atoms with Gasteiger partial charge in [-0.15, -0.1) is 0 Å². The van der Waals surface area contributed by atoms with E-state index in [9.17, 15) is 0 Å². The first-order valence-corrected chi connectivity index (χ1v) is 5.61. The Hall–Kier alpha value is -2.07. The second kappa shape index (κ2) is 5.51. The number of aryl methyl sites for hydroxylation is 1. The van der Waals surface area contributed by atoms with Crippen LogP contribution >= 0.6 is 0 Å². The third-order valence-corrected chi connectivity index (χ3v) is 2.52. The van der Waals surface area contributed by atoms with Crippen LogP contribution in [0.1, 0.15) is 11.1 Å². The van der Waals surface area contributed by atoms with Gasteiger partial charge in [-0.25, -0.2) is 4.98 Å². The lowest BCUT2D eigenvalue weighted by molar-refractivity contribution is 0.281. The smallest absolute Gasteiger partial charge is 0.219 e. The predicted molar refractivity (Wildman–Crippen MR) is 68.0 cm³/mol. The molecule has 4 heteroatoms. The van der Waals surface area contributed by atoms with Crippen molar-refractivity contribution in [1.29, 1.82) is 0 Å². The fourth-order valence-corrected chi connectivity index (χ4v) is 1.58. The van der Waals surface area contributed by atoms with E-state index < -0.39 is 0 Å². The van der Waals surface area contributed by atoms with Crippen LogP contribution in [-0.4, -0.2) is 17.2 Å². The first-order chi connectivity index (χ1) is 8.72. The molecule has 2 aromatic rings. The minimum Gasteiger partial charge on any atom is -0.493 e. The molecule has 0 bridgehead atoms.